The minimum atomic E-state index is -1.63. The molecule has 5 nitrogen and oxygen atoms in total. The number of para-hydroxylation sites is 3. The molecule has 0 spiro atoms. The van der Waals surface area contributed by atoms with Gasteiger partial charge in [-0.3, -0.25) is 9.59 Å². The first-order valence-corrected chi connectivity index (χ1v) is 8.42. The van der Waals surface area contributed by atoms with E-state index in [0.717, 1.165) is 4.47 Å². The molecule has 0 bridgehead atoms. The first-order chi connectivity index (χ1) is 11.5. The molecule has 1 unspecified atom stereocenters. The van der Waals surface area contributed by atoms with Crippen LogP contribution in [0.4, 0.5) is 11.4 Å². The van der Waals surface area contributed by atoms with Gasteiger partial charge in [0, 0.05) is 11.0 Å². The van der Waals surface area contributed by atoms with Gasteiger partial charge in [-0.15, -0.1) is 0 Å². The summed E-state index contributed by atoms with van der Waals surface area (Å²) in [5, 5.41) is 2.77. The Balaban J connectivity index is 1.96. The third-order valence-electron chi connectivity index (χ3n) is 3.99. The highest BCUT2D eigenvalue weighted by Crippen LogP contribution is 2.38. The van der Waals surface area contributed by atoms with E-state index in [1.165, 1.54) is 6.92 Å². The van der Waals surface area contributed by atoms with Gasteiger partial charge in [0.1, 0.15) is 5.75 Å². The number of anilines is 2. The van der Waals surface area contributed by atoms with E-state index in [0.29, 0.717) is 23.7 Å². The largest absolute Gasteiger partial charge is 0.465 e. The molecule has 124 valence electrons. The number of fused-ring (bicyclic) bond motifs is 1. The lowest BCUT2D eigenvalue weighted by Crippen LogP contribution is -2.60. The maximum atomic E-state index is 12.9. The molecule has 1 N–H and O–H groups in total. The number of rotatable bonds is 3. The molecule has 0 fully saturated rings. The standard InChI is InChI=1S/C18H17BrN2O3/c1-3-21-14-10-6-7-11-15(14)24-18(2,17(21)23)16(22)20-13-9-5-4-8-12(13)19/h4-11H,3H2,1-2H3,(H,20,22). The van der Waals surface area contributed by atoms with Crippen molar-refractivity contribution in [2.45, 2.75) is 19.4 Å². The molecule has 2 aromatic carbocycles. The molecule has 0 saturated heterocycles. The lowest BCUT2D eigenvalue weighted by molar-refractivity contribution is -0.145. The highest BCUT2D eigenvalue weighted by molar-refractivity contribution is 9.10. The average Bonchev–Trinajstić information content (AvgIpc) is 2.58. The lowest BCUT2D eigenvalue weighted by atomic mass is 9.99. The monoisotopic (exact) mass is 388 g/mol. The molecule has 2 aromatic rings. The van der Waals surface area contributed by atoms with Gasteiger partial charge in [-0.05, 0) is 54.0 Å². The Morgan fingerprint density at radius 2 is 1.88 bits per heavy atom. The number of carbonyl (C=O) groups is 2. The van der Waals surface area contributed by atoms with Crippen LogP contribution in [-0.2, 0) is 9.59 Å². The van der Waals surface area contributed by atoms with E-state index in [-0.39, 0.29) is 5.91 Å². The molecular formula is C18H17BrN2O3. The topological polar surface area (TPSA) is 58.6 Å². The number of nitrogens with zero attached hydrogens (tertiary/aromatic N) is 1. The number of hydrogen-bond acceptors (Lipinski definition) is 3. The van der Waals surface area contributed by atoms with Crippen LogP contribution in [0.25, 0.3) is 0 Å². The molecule has 1 heterocycles. The summed E-state index contributed by atoms with van der Waals surface area (Å²) in [6, 6.07) is 14.4. The molecule has 0 aliphatic carbocycles. The van der Waals surface area contributed by atoms with Crippen molar-refractivity contribution in [2.75, 3.05) is 16.8 Å². The summed E-state index contributed by atoms with van der Waals surface area (Å²) >= 11 is 3.38. The summed E-state index contributed by atoms with van der Waals surface area (Å²) in [5.41, 5.74) is -0.363. The number of ether oxygens (including phenoxy) is 1. The second-order valence-electron chi connectivity index (χ2n) is 5.59. The van der Waals surface area contributed by atoms with E-state index in [2.05, 4.69) is 21.2 Å². The summed E-state index contributed by atoms with van der Waals surface area (Å²) in [6.45, 7) is 3.82. The highest BCUT2D eigenvalue weighted by atomic mass is 79.9. The third-order valence-corrected chi connectivity index (χ3v) is 4.69. The lowest BCUT2D eigenvalue weighted by Gasteiger charge is -2.39. The van der Waals surface area contributed by atoms with Crippen LogP contribution in [0.15, 0.2) is 53.0 Å². The molecule has 3 rings (SSSR count). The van der Waals surface area contributed by atoms with Crippen molar-refractivity contribution in [3.05, 3.63) is 53.0 Å². The van der Waals surface area contributed by atoms with Gasteiger partial charge in [-0.2, -0.15) is 0 Å². The molecule has 1 aliphatic heterocycles. The molecule has 0 radical (unpaired) electrons. The summed E-state index contributed by atoms with van der Waals surface area (Å²) in [4.78, 5) is 27.3. The minimum Gasteiger partial charge on any atom is -0.465 e. The van der Waals surface area contributed by atoms with Gasteiger partial charge in [0.2, 0.25) is 0 Å². The van der Waals surface area contributed by atoms with Gasteiger partial charge in [0.25, 0.3) is 17.4 Å². The van der Waals surface area contributed by atoms with E-state index in [9.17, 15) is 9.59 Å². The molecule has 2 amide bonds. The number of hydrogen-bond donors (Lipinski definition) is 1. The fourth-order valence-corrected chi connectivity index (χ4v) is 3.04. The van der Waals surface area contributed by atoms with E-state index in [1.807, 2.05) is 37.3 Å². The van der Waals surface area contributed by atoms with Crippen LogP contribution >= 0.6 is 15.9 Å². The van der Waals surface area contributed by atoms with Crippen LogP contribution in [0.2, 0.25) is 0 Å². The zero-order valence-electron chi connectivity index (χ0n) is 13.4. The minimum absolute atomic E-state index is 0.381. The predicted molar refractivity (Wildman–Crippen MR) is 96.3 cm³/mol. The Kier molecular flexibility index (Phi) is 4.32. The van der Waals surface area contributed by atoms with E-state index in [4.69, 9.17) is 4.74 Å². The van der Waals surface area contributed by atoms with Crippen molar-refractivity contribution in [1.82, 2.24) is 0 Å². The van der Waals surface area contributed by atoms with Crippen molar-refractivity contribution in [1.29, 1.82) is 0 Å². The van der Waals surface area contributed by atoms with E-state index < -0.39 is 11.5 Å². The number of nitrogens with one attached hydrogen (secondary N) is 1. The second-order valence-corrected chi connectivity index (χ2v) is 6.44. The van der Waals surface area contributed by atoms with Crippen LogP contribution in [0.5, 0.6) is 5.75 Å². The van der Waals surface area contributed by atoms with Crippen LogP contribution < -0.4 is 15.0 Å². The molecule has 0 aromatic heterocycles. The van der Waals surface area contributed by atoms with Crippen molar-refractivity contribution < 1.29 is 14.3 Å². The zero-order valence-corrected chi connectivity index (χ0v) is 15.0. The summed E-state index contributed by atoms with van der Waals surface area (Å²) < 4.78 is 6.55. The van der Waals surface area contributed by atoms with Gasteiger partial charge in [-0.25, -0.2) is 0 Å². The fraction of sp³-hybridized carbons (Fsp3) is 0.222. The Labute approximate surface area is 148 Å². The second kappa shape index (κ2) is 6.28. The summed E-state index contributed by atoms with van der Waals surface area (Å²) in [6.07, 6.45) is 0. The first kappa shape index (κ1) is 16.5. The number of amides is 2. The van der Waals surface area contributed by atoms with Crippen LogP contribution in [0.1, 0.15) is 13.8 Å². The van der Waals surface area contributed by atoms with Crippen LogP contribution in [0, 0.1) is 0 Å². The van der Waals surface area contributed by atoms with Crippen LogP contribution in [0.3, 0.4) is 0 Å². The quantitative estimate of drug-likeness (QED) is 0.817. The average molecular weight is 389 g/mol. The first-order valence-electron chi connectivity index (χ1n) is 7.63. The molecule has 1 atom stereocenters. The number of carbonyl (C=O) groups excluding carboxylic acids is 2. The van der Waals surface area contributed by atoms with Gasteiger partial charge in [0.15, 0.2) is 0 Å². The van der Waals surface area contributed by atoms with Crippen molar-refractivity contribution in [2.24, 2.45) is 0 Å². The highest BCUT2D eigenvalue weighted by Gasteiger charge is 2.50. The molecule has 24 heavy (non-hydrogen) atoms. The van der Waals surface area contributed by atoms with Crippen molar-refractivity contribution in [3.8, 4) is 5.75 Å². The smallest absolute Gasteiger partial charge is 0.280 e. The maximum absolute atomic E-state index is 12.9. The Bertz CT molecular complexity index is 808. The Hall–Kier alpha value is -2.34. The predicted octanol–water partition coefficient (Wildman–Crippen LogP) is 3.59. The Morgan fingerprint density at radius 1 is 1.21 bits per heavy atom. The Morgan fingerprint density at radius 3 is 2.58 bits per heavy atom. The fourth-order valence-electron chi connectivity index (χ4n) is 2.66. The third kappa shape index (κ3) is 2.67. The van der Waals surface area contributed by atoms with Crippen molar-refractivity contribution in [3.63, 3.8) is 0 Å². The van der Waals surface area contributed by atoms with Gasteiger partial charge >= 0.3 is 0 Å². The number of halogens is 1. The normalized spacial score (nSPS) is 19.5. The number of likely N-dealkylation sites (N-methyl/N-ethyl adjacent to an activating group) is 1. The maximum Gasteiger partial charge on any atom is 0.280 e. The van der Waals surface area contributed by atoms with E-state index in [1.54, 1.807) is 23.1 Å². The zero-order chi connectivity index (χ0) is 17.3. The van der Waals surface area contributed by atoms with Gasteiger partial charge in [-0.1, -0.05) is 24.3 Å². The van der Waals surface area contributed by atoms with Crippen molar-refractivity contribution >= 4 is 39.1 Å². The summed E-state index contributed by atoms with van der Waals surface area (Å²) in [7, 11) is 0. The SMILES string of the molecule is CCN1C(=O)C(C)(C(=O)Nc2ccccc2Br)Oc2ccccc21. The molecule has 0 saturated carbocycles. The molecule has 1 aliphatic rings. The van der Waals surface area contributed by atoms with Crippen LogP contribution in [-0.4, -0.2) is 24.0 Å². The molecule has 6 heteroatoms. The van der Waals surface area contributed by atoms with Gasteiger partial charge in [0.05, 0.1) is 11.4 Å². The van der Waals surface area contributed by atoms with Gasteiger partial charge < -0.3 is 15.0 Å². The van der Waals surface area contributed by atoms with E-state index >= 15 is 0 Å². The summed E-state index contributed by atoms with van der Waals surface area (Å²) in [5.74, 6) is -0.371. The molecular weight excluding hydrogens is 372 g/mol. The number of benzene rings is 2.